The van der Waals surface area contributed by atoms with Crippen LogP contribution >= 0.6 is 31.9 Å². The molecule has 0 saturated carbocycles. The van der Waals surface area contributed by atoms with Gasteiger partial charge in [-0.2, -0.15) is 0 Å². The van der Waals surface area contributed by atoms with E-state index in [1.807, 2.05) is 30.3 Å². The van der Waals surface area contributed by atoms with Crippen molar-refractivity contribution in [1.82, 2.24) is 4.90 Å². The van der Waals surface area contributed by atoms with Crippen molar-refractivity contribution in [2.45, 2.75) is 0 Å². The number of amides is 1. The van der Waals surface area contributed by atoms with Gasteiger partial charge in [-0.15, -0.1) is 0 Å². The zero-order chi connectivity index (χ0) is 14.8. The van der Waals surface area contributed by atoms with Crippen LogP contribution in [-0.2, 0) is 4.74 Å². The molecule has 1 aliphatic heterocycles. The van der Waals surface area contributed by atoms with E-state index in [9.17, 15) is 4.79 Å². The molecule has 0 aliphatic carbocycles. The maximum Gasteiger partial charge on any atom is 0.415 e. The summed E-state index contributed by atoms with van der Waals surface area (Å²) in [6.45, 7) is 2.23. The van der Waals surface area contributed by atoms with E-state index in [0.29, 0.717) is 32.1 Å². The van der Waals surface area contributed by atoms with Crippen molar-refractivity contribution in [2.75, 3.05) is 26.3 Å². The molecule has 6 heteroatoms. The molecule has 0 aromatic heterocycles. The normalized spacial score (nSPS) is 15.2. The fourth-order valence-corrected chi connectivity index (χ4v) is 3.68. The first kappa shape index (κ1) is 14.8. The van der Waals surface area contributed by atoms with E-state index >= 15 is 0 Å². The van der Waals surface area contributed by atoms with Crippen molar-refractivity contribution >= 4 is 48.7 Å². The molecule has 0 radical (unpaired) electrons. The average Bonchev–Trinajstić information content (AvgIpc) is 2.52. The molecule has 3 rings (SSSR count). The molecule has 1 fully saturated rings. The van der Waals surface area contributed by atoms with Crippen LogP contribution in [-0.4, -0.2) is 37.3 Å². The highest BCUT2D eigenvalue weighted by atomic mass is 79.9. The highest BCUT2D eigenvalue weighted by Crippen LogP contribution is 2.38. The fourth-order valence-electron chi connectivity index (χ4n) is 2.27. The minimum absolute atomic E-state index is 0.341. The molecule has 2 aromatic carbocycles. The lowest BCUT2D eigenvalue weighted by atomic mass is 10.1. The Morgan fingerprint density at radius 1 is 1.10 bits per heavy atom. The summed E-state index contributed by atoms with van der Waals surface area (Å²) in [5, 5.41) is 1.89. The van der Waals surface area contributed by atoms with Crippen LogP contribution < -0.4 is 4.74 Å². The third kappa shape index (κ3) is 3.07. The Morgan fingerprint density at radius 2 is 1.76 bits per heavy atom. The van der Waals surface area contributed by atoms with E-state index in [1.54, 1.807) is 4.90 Å². The number of rotatable bonds is 1. The first-order chi connectivity index (χ1) is 10.2. The third-order valence-corrected chi connectivity index (χ3v) is 4.60. The first-order valence-corrected chi connectivity index (χ1v) is 8.16. The zero-order valence-electron chi connectivity index (χ0n) is 11.1. The Kier molecular flexibility index (Phi) is 4.47. The van der Waals surface area contributed by atoms with Gasteiger partial charge in [0.05, 0.1) is 17.7 Å². The van der Waals surface area contributed by atoms with Crippen LogP contribution in [0.4, 0.5) is 4.79 Å². The molecule has 0 bridgehead atoms. The Morgan fingerprint density at radius 3 is 2.48 bits per heavy atom. The van der Waals surface area contributed by atoms with Crippen LogP contribution in [0.25, 0.3) is 10.8 Å². The van der Waals surface area contributed by atoms with E-state index in [2.05, 4.69) is 31.9 Å². The molecular weight excluding hydrogens is 402 g/mol. The molecule has 2 aromatic rings. The highest BCUT2D eigenvalue weighted by Gasteiger charge is 2.21. The lowest BCUT2D eigenvalue weighted by Gasteiger charge is -2.26. The van der Waals surface area contributed by atoms with Crippen molar-refractivity contribution in [3.63, 3.8) is 0 Å². The number of morpholine rings is 1. The van der Waals surface area contributed by atoms with Gasteiger partial charge in [0.25, 0.3) is 0 Å². The summed E-state index contributed by atoms with van der Waals surface area (Å²) in [5.41, 5.74) is 0. The second kappa shape index (κ2) is 6.34. The van der Waals surface area contributed by atoms with E-state index < -0.39 is 0 Å². The van der Waals surface area contributed by atoms with Crippen LogP contribution in [0.15, 0.2) is 39.3 Å². The van der Waals surface area contributed by atoms with Gasteiger partial charge in [0.1, 0.15) is 0 Å². The topological polar surface area (TPSA) is 38.8 Å². The monoisotopic (exact) mass is 413 g/mol. The van der Waals surface area contributed by atoms with Gasteiger partial charge < -0.3 is 14.4 Å². The van der Waals surface area contributed by atoms with Gasteiger partial charge in [-0.3, -0.25) is 0 Å². The van der Waals surface area contributed by atoms with Gasteiger partial charge in [0.15, 0.2) is 5.75 Å². The number of benzene rings is 2. The Balaban J connectivity index is 1.94. The SMILES string of the molecule is O=C(Oc1c(Br)cc(Br)c2ccccc12)N1CCOCC1. The van der Waals surface area contributed by atoms with Crippen molar-refractivity contribution in [1.29, 1.82) is 0 Å². The summed E-state index contributed by atoms with van der Waals surface area (Å²) in [6, 6.07) is 9.69. The van der Waals surface area contributed by atoms with Crippen LogP contribution in [0.2, 0.25) is 0 Å². The molecule has 0 spiro atoms. The number of carbonyl (C=O) groups excluding carboxylic acids is 1. The fraction of sp³-hybridized carbons (Fsp3) is 0.267. The van der Waals surface area contributed by atoms with Crippen molar-refractivity contribution < 1.29 is 14.3 Å². The maximum atomic E-state index is 12.3. The molecule has 0 atom stereocenters. The van der Waals surface area contributed by atoms with Crippen LogP contribution in [0.5, 0.6) is 5.75 Å². The summed E-state index contributed by atoms with van der Waals surface area (Å²) in [5.74, 6) is 0.547. The second-order valence-corrected chi connectivity index (χ2v) is 6.39. The summed E-state index contributed by atoms with van der Waals surface area (Å²) >= 11 is 7.00. The molecular formula is C15H13Br2NO3. The Bertz CT molecular complexity index is 684. The van der Waals surface area contributed by atoms with Crippen molar-refractivity contribution in [3.05, 3.63) is 39.3 Å². The standard InChI is InChI=1S/C15H13Br2NO3/c16-12-9-13(17)14(11-4-2-1-3-10(11)12)21-15(19)18-5-7-20-8-6-18/h1-4,9H,5-8H2. The molecule has 0 unspecified atom stereocenters. The minimum Gasteiger partial charge on any atom is -0.408 e. The molecule has 1 amide bonds. The number of carbonyl (C=O) groups is 1. The van der Waals surface area contributed by atoms with E-state index in [0.717, 1.165) is 19.7 Å². The minimum atomic E-state index is -0.341. The molecule has 0 N–H and O–H groups in total. The van der Waals surface area contributed by atoms with Crippen LogP contribution in [0, 0.1) is 0 Å². The lowest BCUT2D eigenvalue weighted by molar-refractivity contribution is 0.0416. The molecule has 1 aliphatic rings. The molecule has 1 heterocycles. The number of ether oxygens (including phenoxy) is 2. The van der Waals surface area contributed by atoms with E-state index in [4.69, 9.17) is 9.47 Å². The Labute approximate surface area is 139 Å². The second-order valence-electron chi connectivity index (χ2n) is 4.68. The summed E-state index contributed by atoms with van der Waals surface area (Å²) in [6.07, 6.45) is -0.341. The molecule has 110 valence electrons. The Hall–Kier alpha value is -1.11. The van der Waals surface area contributed by atoms with Crippen LogP contribution in [0.1, 0.15) is 0 Å². The predicted octanol–water partition coefficient (Wildman–Crippen LogP) is 4.20. The van der Waals surface area contributed by atoms with Gasteiger partial charge in [-0.05, 0) is 27.4 Å². The third-order valence-electron chi connectivity index (χ3n) is 3.36. The lowest BCUT2D eigenvalue weighted by Crippen LogP contribution is -2.42. The maximum absolute atomic E-state index is 12.3. The molecule has 4 nitrogen and oxygen atoms in total. The molecule has 21 heavy (non-hydrogen) atoms. The van der Waals surface area contributed by atoms with Crippen LogP contribution in [0.3, 0.4) is 0 Å². The smallest absolute Gasteiger partial charge is 0.408 e. The van der Waals surface area contributed by atoms with Gasteiger partial charge in [-0.25, -0.2) is 4.79 Å². The summed E-state index contributed by atoms with van der Waals surface area (Å²) in [7, 11) is 0. The zero-order valence-corrected chi connectivity index (χ0v) is 14.3. The first-order valence-electron chi connectivity index (χ1n) is 6.58. The number of fused-ring (bicyclic) bond motifs is 1. The number of hydrogen-bond acceptors (Lipinski definition) is 3. The highest BCUT2D eigenvalue weighted by molar-refractivity contribution is 9.11. The number of hydrogen-bond donors (Lipinski definition) is 0. The van der Waals surface area contributed by atoms with Crippen molar-refractivity contribution in [2.24, 2.45) is 0 Å². The van der Waals surface area contributed by atoms with E-state index in [-0.39, 0.29) is 6.09 Å². The number of halogens is 2. The summed E-state index contributed by atoms with van der Waals surface area (Å²) in [4.78, 5) is 13.9. The van der Waals surface area contributed by atoms with Crippen molar-refractivity contribution in [3.8, 4) is 5.75 Å². The average molecular weight is 415 g/mol. The number of nitrogens with zero attached hydrogens (tertiary/aromatic N) is 1. The summed E-state index contributed by atoms with van der Waals surface area (Å²) < 4.78 is 12.6. The molecule has 1 saturated heterocycles. The van der Waals surface area contributed by atoms with Gasteiger partial charge in [0.2, 0.25) is 0 Å². The van der Waals surface area contributed by atoms with Gasteiger partial charge >= 0.3 is 6.09 Å². The van der Waals surface area contributed by atoms with Gasteiger partial charge in [-0.1, -0.05) is 40.2 Å². The van der Waals surface area contributed by atoms with E-state index in [1.165, 1.54) is 0 Å². The predicted molar refractivity (Wildman–Crippen MR) is 87.8 cm³/mol. The largest absolute Gasteiger partial charge is 0.415 e. The quantitative estimate of drug-likeness (QED) is 0.702. The van der Waals surface area contributed by atoms with Gasteiger partial charge in [0, 0.05) is 22.9 Å².